The van der Waals surface area contributed by atoms with E-state index in [4.69, 9.17) is 4.74 Å². The lowest BCUT2D eigenvalue weighted by Gasteiger charge is -2.07. The van der Waals surface area contributed by atoms with Gasteiger partial charge in [0.15, 0.2) is 0 Å². The van der Waals surface area contributed by atoms with Gasteiger partial charge in [0, 0.05) is 24.2 Å². The molecule has 0 radical (unpaired) electrons. The number of pyridine rings is 1. The Kier molecular flexibility index (Phi) is 2.40. The Bertz CT molecular complexity index is 408. The Labute approximate surface area is 82.5 Å². The lowest BCUT2D eigenvalue weighted by Crippen LogP contribution is -1.94. The van der Waals surface area contributed by atoms with E-state index in [1.807, 2.05) is 12.1 Å². The van der Waals surface area contributed by atoms with Gasteiger partial charge in [-0.2, -0.15) is 0 Å². The first kappa shape index (κ1) is 8.69. The summed E-state index contributed by atoms with van der Waals surface area (Å²) in [6, 6.07) is 1.81. The van der Waals surface area contributed by atoms with Gasteiger partial charge in [-0.1, -0.05) is 6.58 Å². The summed E-state index contributed by atoms with van der Waals surface area (Å²) in [5, 5.41) is 0. The molecule has 0 saturated heterocycles. The van der Waals surface area contributed by atoms with Crippen LogP contribution in [0, 0.1) is 0 Å². The lowest BCUT2D eigenvalue weighted by molar-refractivity contribution is 0.441. The third-order valence-electron chi connectivity index (χ3n) is 1.84. The summed E-state index contributed by atoms with van der Waals surface area (Å²) in [5.74, 6) is 1.37. The second kappa shape index (κ2) is 3.87. The third kappa shape index (κ3) is 1.88. The first-order valence-electron chi connectivity index (χ1n) is 4.32. The van der Waals surface area contributed by atoms with Crippen LogP contribution in [0.4, 0.5) is 0 Å². The summed E-state index contributed by atoms with van der Waals surface area (Å²) in [7, 11) is 0. The molecule has 1 aliphatic heterocycles. The summed E-state index contributed by atoms with van der Waals surface area (Å²) in [6.07, 6.45) is 8.76. The van der Waals surface area contributed by atoms with E-state index in [1.54, 1.807) is 24.7 Å². The number of aromatic nitrogens is 1. The largest absolute Gasteiger partial charge is 0.458 e. The molecular weight excluding hydrogens is 176 g/mol. The molecule has 0 saturated carbocycles. The molecule has 0 unspecified atom stereocenters. The Balaban J connectivity index is 2.39. The SMILES string of the molecule is C=C1/C=C\C=NCc2cnccc2O1. The molecule has 0 aromatic carbocycles. The Morgan fingerprint density at radius 3 is 3.29 bits per heavy atom. The number of rotatable bonds is 0. The minimum atomic E-state index is 0.584. The molecule has 0 N–H and O–H groups in total. The van der Waals surface area contributed by atoms with E-state index >= 15 is 0 Å². The summed E-state index contributed by atoms with van der Waals surface area (Å²) in [5.41, 5.74) is 0.966. The Morgan fingerprint density at radius 2 is 2.36 bits per heavy atom. The molecule has 1 aliphatic rings. The minimum absolute atomic E-state index is 0.584. The number of aliphatic imine (C=N–C) groups is 1. The zero-order valence-corrected chi connectivity index (χ0v) is 7.68. The molecule has 0 fully saturated rings. The number of hydrogen-bond acceptors (Lipinski definition) is 3. The van der Waals surface area contributed by atoms with Crippen molar-refractivity contribution in [3.63, 3.8) is 0 Å². The average Bonchev–Trinajstić information content (AvgIpc) is 2.27. The predicted octanol–water partition coefficient (Wildman–Crippen LogP) is 2.11. The summed E-state index contributed by atoms with van der Waals surface area (Å²) in [6.45, 7) is 4.35. The van der Waals surface area contributed by atoms with Gasteiger partial charge < -0.3 is 4.74 Å². The highest BCUT2D eigenvalue weighted by Gasteiger charge is 2.04. The standard InChI is InChI=1S/C11H10N2O/c1-9-3-2-5-12-7-10-8-13-6-4-11(10)14-9/h2-6,8H,1,7H2/b3-2-,12-5?. The van der Waals surface area contributed by atoms with Crippen molar-refractivity contribution in [1.82, 2.24) is 4.98 Å². The highest BCUT2D eigenvalue weighted by molar-refractivity contribution is 5.72. The van der Waals surface area contributed by atoms with Crippen LogP contribution in [0.5, 0.6) is 5.75 Å². The van der Waals surface area contributed by atoms with Crippen LogP contribution in [0.2, 0.25) is 0 Å². The van der Waals surface area contributed by atoms with Crippen molar-refractivity contribution < 1.29 is 4.74 Å². The van der Waals surface area contributed by atoms with E-state index in [9.17, 15) is 0 Å². The van der Waals surface area contributed by atoms with Crippen LogP contribution in [-0.4, -0.2) is 11.2 Å². The van der Waals surface area contributed by atoms with Gasteiger partial charge in [0.05, 0.1) is 6.54 Å². The maximum absolute atomic E-state index is 5.52. The summed E-state index contributed by atoms with van der Waals surface area (Å²) < 4.78 is 5.52. The number of ether oxygens (including phenoxy) is 1. The third-order valence-corrected chi connectivity index (χ3v) is 1.84. The second-order valence-corrected chi connectivity index (χ2v) is 2.90. The summed E-state index contributed by atoms with van der Waals surface area (Å²) >= 11 is 0. The van der Waals surface area contributed by atoms with Gasteiger partial charge in [0.2, 0.25) is 0 Å². The lowest BCUT2D eigenvalue weighted by atomic mass is 10.2. The number of hydrogen-bond donors (Lipinski definition) is 0. The van der Waals surface area contributed by atoms with Gasteiger partial charge in [0.25, 0.3) is 0 Å². The molecule has 0 amide bonds. The molecule has 2 rings (SSSR count). The van der Waals surface area contributed by atoms with Gasteiger partial charge in [-0.15, -0.1) is 0 Å². The van der Waals surface area contributed by atoms with Crippen LogP contribution in [-0.2, 0) is 6.54 Å². The average molecular weight is 186 g/mol. The number of nitrogens with zero attached hydrogens (tertiary/aromatic N) is 2. The minimum Gasteiger partial charge on any atom is -0.458 e. The van der Waals surface area contributed by atoms with Crippen LogP contribution in [0.15, 0.2) is 47.9 Å². The van der Waals surface area contributed by atoms with Crippen molar-refractivity contribution in [1.29, 1.82) is 0 Å². The van der Waals surface area contributed by atoms with Crippen LogP contribution in [0.25, 0.3) is 0 Å². The molecule has 2 heterocycles. The van der Waals surface area contributed by atoms with Gasteiger partial charge in [-0.25, -0.2) is 0 Å². The molecule has 0 atom stereocenters. The number of allylic oxidation sites excluding steroid dienone is 2. The van der Waals surface area contributed by atoms with Crippen LogP contribution < -0.4 is 4.74 Å². The Hall–Kier alpha value is -1.90. The molecular formula is C11H10N2O. The van der Waals surface area contributed by atoms with Crippen LogP contribution in [0.1, 0.15) is 5.56 Å². The summed E-state index contributed by atoms with van der Waals surface area (Å²) in [4.78, 5) is 8.22. The second-order valence-electron chi connectivity index (χ2n) is 2.90. The molecule has 1 aromatic rings. The van der Waals surface area contributed by atoms with E-state index in [-0.39, 0.29) is 0 Å². The first-order valence-corrected chi connectivity index (χ1v) is 4.32. The van der Waals surface area contributed by atoms with E-state index in [2.05, 4.69) is 16.6 Å². The zero-order valence-electron chi connectivity index (χ0n) is 7.68. The zero-order chi connectivity index (χ0) is 9.80. The Morgan fingerprint density at radius 1 is 1.43 bits per heavy atom. The molecule has 14 heavy (non-hydrogen) atoms. The maximum Gasteiger partial charge on any atom is 0.135 e. The van der Waals surface area contributed by atoms with Crippen LogP contribution >= 0.6 is 0 Å². The molecule has 0 spiro atoms. The van der Waals surface area contributed by atoms with E-state index in [0.717, 1.165) is 11.3 Å². The van der Waals surface area contributed by atoms with E-state index < -0.39 is 0 Å². The van der Waals surface area contributed by atoms with Gasteiger partial charge in [-0.05, 0) is 18.2 Å². The molecule has 3 heteroatoms. The smallest absolute Gasteiger partial charge is 0.135 e. The van der Waals surface area contributed by atoms with Crippen molar-refractivity contribution in [3.05, 3.63) is 48.5 Å². The molecule has 1 aromatic heterocycles. The highest BCUT2D eigenvalue weighted by atomic mass is 16.5. The van der Waals surface area contributed by atoms with E-state index in [0.29, 0.717) is 12.3 Å². The highest BCUT2D eigenvalue weighted by Crippen LogP contribution is 2.20. The molecule has 0 bridgehead atoms. The van der Waals surface area contributed by atoms with Crippen molar-refractivity contribution in [3.8, 4) is 5.75 Å². The van der Waals surface area contributed by atoms with Gasteiger partial charge >= 0.3 is 0 Å². The molecule has 70 valence electrons. The fourth-order valence-corrected chi connectivity index (χ4v) is 1.17. The number of fused-ring (bicyclic) bond motifs is 1. The predicted molar refractivity (Wildman–Crippen MR) is 55.3 cm³/mol. The monoisotopic (exact) mass is 186 g/mol. The quantitative estimate of drug-likeness (QED) is 0.622. The van der Waals surface area contributed by atoms with Gasteiger partial charge in [-0.3, -0.25) is 9.98 Å². The fraction of sp³-hybridized carbons (Fsp3) is 0.0909. The van der Waals surface area contributed by atoms with Crippen molar-refractivity contribution in [2.75, 3.05) is 0 Å². The van der Waals surface area contributed by atoms with Crippen molar-refractivity contribution in [2.24, 2.45) is 4.99 Å². The van der Waals surface area contributed by atoms with E-state index in [1.165, 1.54) is 0 Å². The van der Waals surface area contributed by atoms with Gasteiger partial charge in [0.1, 0.15) is 11.5 Å². The maximum atomic E-state index is 5.52. The molecule has 0 aliphatic carbocycles. The normalized spacial score (nSPS) is 17.3. The first-order chi connectivity index (χ1) is 6.86. The van der Waals surface area contributed by atoms with Crippen molar-refractivity contribution >= 4 is 6.21 Å². The molecule has 3 nitrogen and oxygen atoms in total. The fourth-order valence-electron chi connectivity index (χ4n) is 1.17. The topological polar surface area (TPSA) is 34.5 Å². The van der Waals surface area contributed by atoms with Crippen LogP contribution in [0.3, 0.4) is 0 Å². The van der Waals surface area contributed by atoms with Crippen molar-refractivity contribution in [2.45, 2.75) is 6.54 Å².